The minimum atomic E-state index is -3.10. The number of nitrogens with zero attached hydrogens (tertiary/aromatic N) is 1. The van der Waals surface area contributed by atoms with Crippen molar-refractivity contribution >= 4 is 33.7 Å². The fourth-order valence-electron chi connectivity index (χ4n) is 2.75. The molecule has 0 aromatic heterocycles. The number of carbonyl (C=O) groups is 3. The highest BCUT2D eigenvalue weighted by molar-refractivity contribution is 9.10. The summed E-state index contributed by atoms with van der Waals surface area (Å²) in [5.74, 6) is -4.08. The number of ketones is 1. The van der Waals surface area contributed by atoms with E-state index >= 15 is 0 Å². The van der Waals surface area contributed by atoms with Gasteiger partial charge >= 0.3 is 6.09 Å². The molecule has 0 spiro atoms. The molecule has 1 N–H and O–H groups in total. The van der Waals surface area contributed by atoms with E-state index < -0.39 is 42.5 Å². The van der Waals surface area contributed by atoms with E-state index in [0.29, 0.717) is 5.56 Å². The van der Waals surface area contributed by atoms with Gasteiger partial charge in [-0.1, -0.05) is 28.1 Å². The van der Waals surface area contributed by atoms with Crippen molar-refractivity contribution in [2.45, 2.75) is 51.2 Å². The zero-order chi connectivity index (χ0) is 21.1. The number of benzene rings is 1. The normalized spacial score (nSPS) is 19.1. The van der Waals surface area contributed by atoms with Crippen molar-refractivity contribution in [3.8, 4) is 0 Å². The first-order valence-electron chi connectivity index (χ1n) is 8.82. The molecule has 0 unspecified atom stereocenters. The third kappa shape index (κ3) is 6.25. The van der Waals surface area contributed by atoms with E-state index in [1.165, 1.54) is 0 Å². The number of nitrogens with one attached hydrogen (secondary N) is 1. The zero-order valence-corrected chi connectivity index (χ0v) is 17.5. The average molecular weight is 461 g/mol. The summed E-state index contributed by atoms with van der Waals surface area (Å²) in [7, 11) is 0. The van der Waals surface area contributed by atoms with Crippen LogP contribution in [0.25, 0.3) is 0 Å². The Morgan fingerprint density at radius 1 is 1.25 bits per heavy atom. The highest BCUT2D eigenvalue weighted by atomic mass is 79.9. The number of halogens is 3. The van der Waals surface area contributed by atoms with Crippen molar-refractivity contribution in [3.05, 3.63) is 34.3 Å². The van der Waals surface area contributed by atoms with Crippen LogP contribution in [0, 0.1) is 0 Å². The summed E-state index contributed by atoms with van der Waals surface area (Å²) in [5.41, 5.74) is -0.481. The van der Waals surface area contributed by atoms with Crippen molar-refractivity contribution < 1.29 is 27.9 Å². The Bertz CT molecular complexity index is 747. The van der Waals surface area contributed by atoms with Crippen LogP contribution in [0.4, 0.5) is 13.6 Å². The minimum Gasteiger partial charge on any atom is -0.444 e. The van der Waals surface area contributed by atoms with Crippen LogP contribution in [-0.2, 0) is 9.53 Å². The number of likely N-dealkylation sites (tertiary alicyclic amines) is 1. The molecule has 0 radical (unpaired) electrons. The first-order chi connectivity index (χ1) is 12.9. The SMILES string of the molecule is CC(C)(C)OC(=O)N1CC(F)(F)CC[C@H]1C(=O)NCC(=O)c1ccc(Br)cc1. The van der Waals surface area contributed by atoms with Crippen LogP contribution < -0.4 is 5.32 Å². The van der Waals surface area contributed by atoms with Gasteiger partial charge in [0.25, 0.3) is 5.92 Å². The highest BCUT2D eigenvalue weighted by Gasteiger charge is 2.46. The molecule has 0 bridgehead atoms. The molecular formula is C19H23BrF2N2O4. The van der Waals surface area contributed by atoms with Gasteiger partial charge in [0.05, 0.1) is 13.1 Å². The maximum atomic E-state index is 13.8. The van der Waals surface area contributed by atoms with Crippen molar-refractivity contribution in [3.63, 3.8) is 0 Å². The molecule has 6 nitrogen and oxygen atoms in total. The molecule has 1 aromatic rings. The lowest BCUT2D eigenvalue weighted by atomic mass is 9.99. The summed E-state index contributed by atoms with van der Waals surface area (Å²) in [6.07, 6.45) is -1.72. The van der Waals surface area contributed by atoms with E-state index in [9.17, 15) is 23.2 Å². The summed E-state index contributed by atoms with van der Waals surface area (Å²) in [4.78, 5) is 37.8. The average Bonchev–Trinajstić information content (AvgIpc) is 2.57. The second-order valence-corrected chi connectivity index (χ2v) is 8.58. The van der Waals surface area contributed by atoms with E-state index in [0.717, 1.165) is 9.37 Å². The van der Waals surface area contributed by atoms with Gasteiger partial charge in [0.1, 0.15) is 11.6 Å². The van der Waals surface area contributed by atoms with E-state index in [2.05, 4.69) is 21.2 Å². The van der Waals surface area contributed by atoms with Gasteiger partial charge in [0.15, 0.2) is 5.78 Å². The van der Waals surface area contributed by atoms with Crippen molar-refractivity contribution in [1.29, 1.82) is 0 Å². The Kier molecular flexibility index (Phi) is 6.80. The molecule has 0 aliphatic carbocycles. The Labute approximate surface area is 170 Å². The molecule has 9 heteroatoms. The molecule has 1 saturated heterocycles. The molecule has 1 aliphatic rings. The van der Waals surface area contributed by atoms with E-state index in [1.807, 2.05) is 0 Å². The lowest BCUT2D eigenvalue weighted by Crippen LogP contribution is -2.58. The molecule has 1 aliphatic heterocycles. The van der Waals surface area contributed by atoms with Gasteiger partial charge in [-0.3, -0.25) is 14.5 Å². The molecule has 1 fully saturated rings. The first-order valence-corrected chi connectivity index (χ1v) is 9.61. The molecule has 2 rings (SSSR count). The molecular weight excluding hydrogens is 438 g/mol. The summed E-state index contributed by atoms with van der Waals surface area (Å²) < 4.78 is 33.6. The predicted molar refractivity (Wildman–Crippen MR) is 102 cm³/mol. The van der Waals surface area contributed by atoms with Crippen molar-refractivity contribution in [2.24, 2.45) is 0 Å². The van der Waals surface area contributed by atoms with Crippen LogP contribution in [0.3, 0.4) is 0 Å². The quantitative estimate of drug-likeness (QED) is 0.693. The lowest BCUT2D eigenvalue weighted by molar-refractivity contribution is -0.135. The summed E-state index contributed by atoms with van der Waals surface area (Å²) in [6.45, 7) is 3.63. The smallest absolute Gasteiger partial charge is 0.411 e. The Balaban J connectivity index is 2.05. The molecule has 1 heterocycles. The van der Waals surface area contributed by atoms with Gasteiger partial charge in [0.2, 0.25) is 5.91 Å². The van der Waals surface area contributed by atoms with E-state index in [1.54, 1.807) is 45.0 Å². The van der Waals surface area contributed by atoms with Gasteiger partial charge < -0.3 is 10.1 Å². The monoisotopic (exact) mass is 460 g/mol. The fourth-order valence-corrected chi connectivity index (χ4v) is 3.01. The largest absolute Gasteiger partial charge is 0.444 e. The van der Waals surface area contributed by atoms with Crippen LogP contribution in [0.1, 0.15) is 44.0 Å². The molecule has 2 amide bonds. The summed E-state index contributed by atoms with van der Waals surface area (Å²) >= 11 is 3.27. The van der Waals surface area contributed by atoms with Crippen LogP contribution in [0.15, 0.2) is 28.7 Å². The standard InChI is InChI=1S/C19H23BrF2N2O4/c1-18(2,3)28-17(27)24-11-19(21,22)9-8-14(24)16(26)23-10-15(25)12-4-6-13(20)7-5-12/h4-7,14H,8-11H2,1-3H3,(H,23,26)/t14-/m0/s1. The number of alkyl halides is 2. The van der Waals surface area contributed by atoms with Crippen LogP contribution >= 0.6 is 15.9 Å². The Morgan fingerprint density at radius 2 is 1.86 bits per heavy atom. The summed E-state index contributed by atoms with van der Waals surface area (Å²) in [6, 6.07) is 5.48. The Hall–Kier alpha value is -2.03. The number of Topliss-reactive ketones (excluding diaryl/α,β-unsaturated/α-hetero) is 1. The number of ether oxygens (including phenoxy) is 1. The Morgan fingerprint density at radius 3 is 2.43 bits per heavy atom. The fraction of sp³-hybridized carbons (Fsp3) is 0.526. The van der Waals surface area contributed by atoms with Crippen molar-refractivity contribution in [2.75, 3.05) is 13.1 Å². The molecule has 28 heavy (non-hydrogen) atoms. The first kappa shape index (κ1) is 22.3. The molecule has 154 valence electrons. The van der Waals surface area contributed by atoms with Gasteiger partial charge in [-0.2, -0.15) is 0 Å². The number of piperidine rings is 1. The van der Waals surface area contributed by atoms with Gasteiger partial charge in [0, 0.05) is 16.5 Å². The van der Waals surface area contributed by atoms with E-state index in [-0.39, 0.29) is 18.7 Å². The maximum Gasteiger partial charge on any atom is 0.411 e. The lowest BCUT2D eigenvalue weighted by Gasteiger charge is -2.39. The molecule has 0 saturated carbocycles. The topological polar surface area (TPSA) is 75.7 Å². The second-order valence-electron chi connectivity index (χ2n) is 7.67. The third-order valence-corrected chi connectivity index (χ3v) is 4.61. The number of amides is 2. The maximum absolute atomic E-state index is 13.8. The number of hydrogen-bond acceptors (Lipinski definition) is 4. The van der Waals surface area contributed by atoms with Crippen LogP contribution in [0.5, 0.6) is 0 Å². The molecule has 1 aromatic carbocycles. The van der Waals surface area contributed by atoms with Crippen LogP contribution in [-0.4, -0.2) is 53.3 Å². The van der Waals surface area contributed by atoms with E-state index in [4.69, 9.17) is 4.74 Å². The highest BCUT2D eigenvalue weighted by Crippen LogP contribution is 2.31. The number of rotatable bonds is 4. The van der Waals surface area contributed by atoms with Crippen molar-refractivity contribution in [1.82, 2.24) is 10.2 Å². The van der Waals surface area contributed by atoms with Gasteiger partial charge in [-0.05, 0) is 39.3 Å². The summed E-state index contributed by atoms with van der Waals surface area (Å²) in [5, 5.41) is 2.45. The second kappa shape index (κ2) is 8.55. The zero-order valence-electron chi connectivity index (χ0n) is 15.9. The molecule has 1 atom stereocenters. The van der Waals surface area contributed by atoms with Gasteiger partial charge in [-0.25, -0.2) is 13.6 Å². The third-order valence-electron chi connectivity index (χ3n) is 4.08. The number of carbonyl (C=O) groups excluding carboxylic acids is 3. The predicted octanol–water partition coefficient (Wildman–Crippen LogP) is 3.78. The van der Waals surface area contributed by atoms with Gasteiger partial charge in [-0.15, -0.1) is 0 Å². The minimum absolute atomic E-state index is 0.218. The van der Waals surface area contributed by atoms with Crippen LogP contribution in [0.2, 0.25) is 0 Å². The number of hydrogen-bond donors (Lipinski definition) is 1.